The molecule has 10 heteroatoms. The highest BCUT2D eigenvalue weighted by atomic mass is 127. The lowest BCUT2D eigenvalue weighted by Crippen LogP contribution is -2.40. The van der Waals surface area contributed by atoms with E-state index in [1.165, 1.54) is 28.3 Å². The molecule has 0 amide bonds. The normalized spacial score (nSPS) is 16.6. The summed E-state index contributed by atoms with van der Waals surface area (Å²) in [5.41, 5.74) is 0. The number of halogens is 1. The van der Waals surface area contributed by atoms with Crippen LogP contribution in [0.1, 0.15) is 44.0 Å². The van der Waals surface area contributed by atoms with Gasteiger partial charge in [-0.25, -0.2) is 12.7 Å². The van der Waals surface area contributed by atoms with Crippen molar-refractivity contribution in [1.82, 2.24) is 19.8 Å². The first-order valence-electron chi connectivity index (χ1n) is 10.2. The highest BCUT2D eigenvalue weighted by molar-refractivity contribution is 14.0. The molecule has 0 aliphatic carbocycles. The van der Waals surface area contributed by atoms with E-state index in [4.69, 9.17) is 4.99 Å². The van der Waals surface area contributed by atoms with Crippen molar-refractivity contribution in [3.05, 3.63) is 22.4 Å². The molecule has 1 atom stereocenters. The Morgan fingerprint density at radius 3 is 2.59 bits per heavy atom. The van der Waals surface area contributed by atoms with E-state index in [9.17, 15) is 8.42 Å². The summed E-state index contributed by atoms with van der Waals surface area (Å²) < 4.78 is 24.8. The van der Waals surface area contributed by atoms with Gasteiger partial charge in [-0.1, -0.05) is 13.0 Å². The Balaban J connectivity index is 0.00000420. The number of hydrogen-bond donors (Lipinski definition) is 2. The summed E-state index contributed by atoms with van der Waals surface area (Å²) in [6.45, 7) is 9.43. The van der Waals surface area contributed by atoms with E-state index in [0.717, 1.165) is 38.6 Å². The average Bonchev–Trinajstić information content (AvgIpc) is 3.35. The predicted molar refractivity (Wildman–Crippen MR) is 134 cm³/mol. The van der Waals surface area contributed by atoms with Gasteiger partial charge in [0, 0.05) is 31.1 Å². The summed E-state index contributed by atoms with van der Waals surface area (Å²) in [4.78, 5) is 8.73. The summed E-state index contributed by atoms with van der Waals surface area (Å²) in [7, 11) is -3.13. The summed E-state index contributed by atoms with van der Waals surface area (Å²) >= 11 is 1.80. The van der Waals surface area contributed by atoms with Crippen molar-refractivity contribution in [2.75, 3.05) is 52.1 Å². The van der Waals surface area contributed by atoms with Gasteiger partial charge in [0.15, 0.2) is 5.96 Å². The molecule has 7 nitrogen and oxygen atoms in total. The number of hydrogen-bond acceptors (Lipinski definition) is 5. The van der Waals surface area contributed by atoms with Gasteiger partial charge in [0.2, 0.25) is 10.0 Å². The minimum Gasteiger partial charge on any atom is -0.357 e. The lowest BCUT2D eigenvalue weighted by Gasteiger charge is -2.25. The van der Waals surface area contributed by atoms with Crippen LogP contribution in [0.5, 0.6) is 0 Å². The molecule has 1 aliphatic rings. The van der Waals surface area contributed by atoms with Crippen LogP contribution in [-0.2, 0) is 10.0 Å². The topological polar surface area (TPSA) is 77.0 Å². The second kappa shape index (κ2) is 13.8. The Hall–Kier alpha value is -0.430. The van der Waals surface area contributed by atoms with Crippen LogP contribution in [0.3, 0.4) is 0 Å². The molecule has 1 fully saturated rings. The first-order valence-corrected chi connectivity index (χ1v) is 12.9. The maximum atomic E-state index is 11.7. The molecule has 2 N–H and O–H groups in total. The van der Waals surface area contributed by atoms with Crippen LogP contribution >= 0.6 is 35.3 Å². The third-order valence-corrected chi connectivity index (χ3v) is 7.27. The molecule has 1 unspecified atom stereocenters. The summed E-state index contributed by atoms with van der Waals surface area (Å²) in [5, 5.41) is 8.77. The smallest absolute Gasteiger partial charge is 0.211 e. The zero-order chi connectivity index (χ0) is 20.4. The Morgan fingerprint density at radius 2 is 2.03 bits per heavy atom. The molecule has 168 valence electrons. The minimum atomic E-state index is -3.13. The molecule has 0 aromatic carbocycles. The second-order valence-electron chi connectivity index (χ2n) is 7.03. The van der Waals surface area contributed by atoms with Gasteiger partial charge in [-0.05, 0) is 50.7 Å². The number of likely N-dealkylation sites (tertiary alicyclic amines) is 1. The second-order valence-corrected chi connectivity index (χ2v) is 9.99. The SMILES string of the molecule is CCNC(=NCC(c1cccs1)N1CCCC1)NCCCN(CC)S(C)(=O)=O.I. The van der Waals surface area contributed by atoms with Crippen LogP contribution in [0.15, 0.2) is 22.5 Å². The molecule has 0 spiro atoms. The van der Waals surface area contributed by atoms with Crippen molar-refractivity contribution in [3.63, 3.8) is 0 Å². The Bertz CT molecular complexity index is 691. The monoisotopic (exact) mass is 557 g/mol. The molecule has 0 saturated carbocycles. The molecule has 0 bridgehead atoms. The third kappa shape index (κ3) is 9.07. The van der Waals surface area contributed by atoms with E-state index in [0.29, 0.717) is 25.7 Å². The number of nitrogens with zero attached hydrogens (tertiary/aromatic N) is 3. The van der Waals surface area contributed by atoms with Crippen molar-refractivity contribution in [2.24, 2.45) is 4.99 Å². The van der Waals surface area contributed by atoms with Crippen LogP contribution < -0.4 is 10.6 Å². The van der Waals surface area contributed by atoms with Crippen molar-refractivity contribution in [1.29, 1.82) is 0 Å². The van der Waals surface area contributed by atoms with E-state index in [-0.39, 0.29) is 24.0 Å². The van der Waals surface area contributed by atoms with Crippen molar-refractivity contribution in [3.8, 4) is 0 Å². The molecule has 1 aromatic rings. The van der Waals surface area contributed by atoms with Crippen LogP contribution in [-0.4, -0.2) is 75.7 Å². The Labute approximate surface area is 197 Å². The van der Waals surface area contributed by atoms with Crippen LogP contribution in [0.2, 0.25) is 0 Å². The fourth-order valence-corrected chi connectivity index (χ4v) is 5.24. The molecule has 1 saturated heterocycles. The van der Waals surface area contributed by atoms with Gasteiger partial charge in [-0.15, -0.1) is 35.3 Å². The molecule has 2 rings (SSSR count). The molecular weight excluding hydrogens is 521 g/mol. The maximum absolute atomic E-state index is 11.7. The average molecular weight is 558 g/mol. The molecule has 0 radical (unpaired) electrons. The van der Waals surface area contributed by atoms with Gasteiger partial charge in [0.1, 0.15) is 0 Å². The van der Waals surface area contributed by atoms with E-state index in [1.807, 2.05) is 6.92 Å². The minimum absolute atomic E-state index is 0. The molecule has 1 aliphatic heterocycles. The predicted octanol–water partition coefficient (Wildman–Crippen LogP) is 2.73. The van der Waals surface area contributed by atoms with Gasteiger partial charge in [-0.3, -0.25) is 9.89 Å². The van der Waals surface area contributed by atoms with Crippen molar-refractivity contribution < 1.29 is 8.42 Å². The summed E-state index contributed by atoms with van der Waals surface area (Å²) in [6.07, 6.45) is 4.53. The van der Waals surface area contributed by atoms with Crippen molar-refractivity contribution >= 4 is 51.3 Å². The van der Waals surface area contributed by atoms with Gasteiger partial charge in [0.05, 0.1) is 18.8 Å². The number of aliphatic imine (C=N–C) groups is 1. The van der Waals surface area contributed by atoms with E-state index < -0.39 is 10.0 Å². The number of guanidine groups is 1. The zero-order valence-corrected chi connectivity index (χ0v) is 21.7. The van der Waals surface area contributed by atoms with E-state index >= 15 is 0 Å². The fourth-order valence-electron chi connectivity index (χ4n) is 3.46. The van der Waals surface area contributed by atoms with E-state index in [1.54, 1.807) is 11.3 Å². The summed E-state index contributed by atoms with van der Waals surface area (Å²) in [6, 6.07) is 4.64. The first kappa shape index (κ1) is 26.6. The van der Waals surface area contributed by atoms with Gasteiger partial charge in [-0.2, -0.15) is 0 Å². The highest BCUT2D eigenvalue weighted by Crippen LogP contribution is 2.28. The Kier molecular flexibility index (Phi) is 12.7. The van der Waals surface area contributed by atoms with Crippen LogP contribution in [0.4, 0.5) is 0 Å². The number of sulfonamides is 1. The summed E-state index contributed by atoms with van der Waals surface area (Å²) in [5.74, 6) is 0.797. The zero-order valence-electron chi connectivity index (χ0n) is 17.8. The largest absolute Gasteiger partial charge is 0.357 e. The van der Waals surface area contributed by atoms with Gasteiger partial charge in [0.25, 0.3) is 0 Å². The lowest BCUT2D eigenvalue weighted by molar-refractivity contribution is 0.255. The molecule has 2 heterocycles. The molecule has 1 aromatic heterocycles. The lowest BCUT2D eigenvalue weighted by atomic mass is 10.2. The molecule has 29 heavy (non-hydrogen) atoms. The van der Waals surface area contributed by atoms with Crippen LogP contribution in [0.25, 0.3) is 0 Å². The fraction of sp³-hybridized carbons (Fsp3) is 0.737. The first-order chi connectivity index (χ1) is 13.5. The van der Waals surface area contributed by atoms with Gasteiger partial charge < -0.3 is 10.6 Å². The number of rotatable bonds is 11. The quantitative estimate of drug-likeness (QED) is 0.190. The number of nitrogens with one attached hydrogen (secondary N) is 2. The van der Waals surface area contributed by atoms with Gasteiger partial charge >= 0.3 is 0 Å². The maximum Gasteiger partial charge on any atom is 0.211 e. The standard InChI is InChI=1S/C19H35N5O2S2.HI/c1-4-20-19(21-11-9-14-24(5-2)28(3,25)26)22-16-17(18-10-8-15-27-18)23-12-6-7-13-23;/h8,10,15,17H,4-7,9,11-14,16H2,1-3H3,(H2,20,21,22);1H. The third-order valence-electron chi connectivity index (χ3n) is 4.92. The van der Waals surface area contributed by atoms with E-state index in [2.05, 4.69) is 40.0 Å². The number of thiophene rings is 1. The Morgan fingerprint density at radius 1 is 1.31 bits per heavy atom. The van der Waals surface area contributed by atoms with Crippen LogP contribution in [0, 0.1) is 0 Å². The highest BCUT2D eigenvalue weighted by Gasteiger charge is 2.24. The molecular formula is C19H36IN5O2S2. The van der Waals surface area contributed by atoms with Crippen molar-refractivity contribution in [2.45, 2.75) is 39.2 Å².